The molecule has 7 nitrogen and oxygen atoms in total. The highest BCUT2D eigenvalue weighted by atomic mass is 16.1. The van der Waals surface area contributed by atoms with E-state index in [0.29, 0.717) is 18.9 Å². The van der Waals surface area contributed by atoms with E-state index < -0.39 is 0 Å². The molecule has 0 saturated carbocycles. The Balaban J connectivity index is 1.60. The van der Waals surface area contributed by atoms with E-state index in [4.69, 9.17) is 5.73 Å². The maximum atomic E-state index is 11.1. The summed E-state index contributed by atoms with van der Waals surface area (Å²) >= 11 is 0. The number of anilines is 1. The molecule has 0 saturated heterocycles. The molecule has 0 radical (unpaired) electrons. The molecule has 3 N–H and O–H groups in total. The predicted molar refractivity (Wildman–Crippen MR) is 108 cm³/mol. The Hall–Kier alpha value is -3.61. The van der Waals surface area contributed by atoms with Gasteiger partial charge in [-0.15, -0.1) is 0 Å². The number of imidazole rings is 1. The number of primary amides is 1. The van der Waals surface area contributed by atoms with Crippen molar-refractivity contribution in [3.05, 3.63) is 60.3 Å². The Kier molecular flexibility index (Phi) is 4.33. The molecule has 1 amide bonds. The molecule has 2 aromatic carbocycles. The van der Waals surface area contributed by atoms with Crippen molar-refractivity contribution in [2.24, 2.45) is 17.9 Å². The monoisotopic (exact) mass is 360 g/mol. The van der Waals surface area contributed by atoms with Crippen LogP contribution in [0.1, 0.15) is 12.0 Å². The summed E-state index contributed by atoms with van der Waals surface area (Å²) in [6.07, 6.45) is 4.05. The van der Waals surface area contributed by atoms with Crippen LogP contribution in [0.2, 0.25) is 0 Å². The minimum Gasteiger partial charge on any atom is -0.370 e. The summed E-state index contributed by atoms with van der Waals surface area (Å²) in [5, 5.41) is 5.43. The van der Waals surface area contributed by atoms with Crippen LogP contribution in [0, 0.1) is 0 Å². The molecule has 2 heterocycles. The number of nitrogens with two attached hydrogens (primary N) is 1. The Morgan fingerprint density at radius 3 is 2.70 bits per heavy atom. The van der Waals surface area contributed by atoms with E-state index in [2.05, 4.69) is 15.5 Å². The number of benzene rings is 2. The third-order valence-electron chi connectivity index (χ3n) is 4.57. The minimum atomic E-state index is -0.313. The van der Waals surface area contributed by atoms with Gasteiger partial charge in [0.1, 0.15) is 0 Å². The maximum Gasteiger partial charge on any atom is 0.224 e. The van der Waals surface area contributed by atoms with Crippen LogP contribution >= 0.6 is 0 Å². The number of nitrogens with one attached hydrogen (secondary N) is 1. The zero-order valence-corrected chi connectivity index (χ0v) is 15.0. The van der Waals surface area contributed by atoms with Crippen molar-refractivity contribution in [2.45, 2.75) is 13.0 Å². The molecule has 0 aliphatic rings. The minimum absolute atomic E-state index is 0.299. The van der Waals surface area contributed by atoms with Gasteiger partial charge in [-0.05, 0) is 18.2 Å². The summed E-state index contributed by atoms with van der Waals surface area (Å²) in [5.41, 5.74) is 12.3. The van der Waals surface area contributed by atoms with Crippen molar-refractivity contribution >= 4 is 40.0 Å². The number of aromatic nitrogens is 3. The number of hydrogen-bond acceptors (Lipinski definition) is 4. The van der Waals surface area contributed by atoms with Gasteiger partial charge >= 0.3 is 0 Å². The molecular formula is C20H20N6O. The first-order chi connectivity index (χ1) is 13.1. The van der Waals surface area contributed by atoms with Crippen molar-refractivity contribution in [2.75, 3.05) is 5.43 Å². The van der Waals surface area contributed by atoms with Crippen molar-refractivity contribution in [1.29, 1.82) is 0 Å². The molecule has 4 aromatic rings. The number of carbonyl (C=O) groups excluding carboxylic acids is 1. The second-order valence-corrected chi connectivity index (χ2v) is 6.36. The SMILES string of the molecule is Cn1c(N/N=C\c2cn(CCC(N)=O)c3ccccc23)nc2ccccc21. The predicted octanol–water partition coefficient (Wildman–Crippen LogP) is 2.85. The van der Waals surface area contributed by atoms with Gasteiger partial charge in [-0.2, -0.15) is 5.10 Å². The zero-order chi connectivity index (χ0) is 18.8. The smallest absolute Gasteiger partial charge is 0.224 e. The van der Waals surface area contributed by atoms with E-state index >= 15 is 0 Å². The molecular weight excluding hydrogens is 340 g/mol. The second kappa shape index (κ2) is 6.95. The van der Waals surface area contributed by atoms with Gasteiger partial charge in [0.15, 0.2) is 0 Å². The van der Waals surface area contributed by atoms with Crippen molar-refractivity contribution < 1.29 is 4.79 Å². The van der Waals surface area contributed by atoms with E-state index in [1.54, 1.807) is 6.21 Å². The maximum absolute atomic E-state index is 11.1. The number of carbonyl (C=O) groups is 1. The number of aryl methyl sites for hydroxylation is 2. The molecule has 136 valence electrons. The number of nitrogens with zero attached hydrogens (tertiary/aromatic N) is 4. The Morgan fingerprint density at radius 2 is 1.93 bits per heavy atom. The van der Waals surface area contributed by atoms with Crippen LogP contribution in [0.3, 0.4) is 0 Å². The standard InChI is InChI=1S/C20H20N6O/c1-25-18-9-5-3-7-16(18)23-20(25)24-22-12-14-13-26(11-10-19(21)27)17-8-4-2-6-15(14)17/h2-9,12-13H,10-11H2,1H3,(H2,21,27)(H,23,24)/b22-12-. The summed E-state index contributed by atoms with van der Waals surface area (Å²) in [6.45, 7) is 0.544. The first-order valence-electron chi connectivity index (χ1n) is 8.70. The molecule has 0 spiro atoms. The van der Waals surface area contributed by atoms with Gasteiger partial charge in [-0.1, -0.05) is 30.3 Å². The van der Waals surface area contributed by atoms with Gasteiger partial charge in [0, 0.05) is 42.7 Å². The number of rotatable bonds is 6. The van der Waals surface area contributed by atoms with Gasteiger partial charge in [-0.25, -0.2) is 10.4 Å². The van der Waals surface area contributed by atoms with E-state index in [0.717, 1.165) is 27.5 Å². The summed E-state index contributed by atoms with van der Waals surface area (Å²) in [5.74, 6) is 0.358. The van der Waals surface area contributed by atoms with Crippen LogP contribution in [-0.4, -0.2) is 26.2 Å². The summed E-state index contributed by atoms with van der Waals surface area (Å²) in [7, 11) is 1.95. The summed E-state index contributed by atoms with van der Waals surface area (Å²) < 4.78 is 3.99. The van der Waals surface area contributed by atoms with Gasteiger partial charge in [-0.3, -0.25) is 4.79 Å². The number of hydrogen-bond donors (Lipinski definition) is 2. The number of hydrazone groups is 1. The number of fused-ring (bicyclic) bond motifs is 2. The first-order valence-corrected chi connectivity index (χ1v) is 8.70. The highest BCUT2D eigenvalue weighted by Gasteiger charge is 2.08. The van der Waals surface area contributed by atoms with Crippen LogP contribution < -0.4 is 11.2 Å². The fraction of sp³-hybridized carbons (Fsp3) is 0.150. The van der Waals surface area contributed by atoms with Crippen molar-refractivity contribution in [3.8, 4) is 0 Å². The molecule has 0 bridgehead atoms. The first kappa shape index (κ1) is 16.8. The molecule has 4 rings (SSSR count). The fourth-order valence-electron chi connectivity index (χ4n) is 3.20. The lowest BCUT2D eigenvalue weighted by Gasteiger charge is -2.02. The van der Waals surface area contributed by atoms with Gasteiger partial charge in [0.2, 0.25) is 11.9 Å². The molecule has 0 aliphatic carbocycles. The van der Waals surface area contributed by atoms with E-state index in [1.807, 2.05) is 70.9 Å². The molecule has 0 atom stereocenters. The van der Waals surface area contributed by atoms with Crippen LogP contribution in [0.4, 0.5) is 5.95 Å². The molecule has 2 aromatic heterocycles. The second-order valence-electron chi connectivity index (χ2n) is 6.36. The van der Waals surface area contributed by atoms with E-state index in [9.17, 15) is 4.79 Å². The highest BCUT2D eigenvalue weighted by Crippen LogP contribution is 2.21. The van der Waals surface area contributed by atoms with E-state index in [-0.39, 0.29) is 5.91 Å². The van der Waals surface area contributed by atoms with Crippen molar-refractivity contribution in [3.63, 3.8) is 0 Å². The van der Waals surface area contributed by atoms with Crippen LogP contribution in [0.5, 0.6) is 0 Å². The lowest BCUT2D eigenvalue weighted by atomic mass is 10.2. The lowest BCUT2D eigenvalue weighted by molar-refractivity contribution is -0.118. The molecule has 7 heteroatoms. The Bertz CT molecular complexity index is 1150. The Labute approximate surface area is 156 Å². The number of para-hydroxylation sites is 3. The topological polar surface area (TPSA) is 90.2 Å². The molecule has 0 unspecified atom stereocenters. The van der Waals surface area contributed by atoms with Gasteiger partial charge in [0.05, 0.1) is 17.2 Å². The average Bonchev–Trinajstić information content (AvgIpc) is 3.19. The average molecular weight is 360 g/mol. The molecule has 0 fully saturated rings. The highest BCUT2D eigenvalue weighted by molar-refractivity contribution is 5.99. The zero-order valence-electron chi connectivity index (χ0n) is 15.0. The van der Waals surface area contributed by atoms with Crippen molar-refractivity contribution in [1.82, 2.24) is 14.1 Å². The summed E-state index contributed by atoms with van der Waals surface area (Å²) in [4.78, 5) is 15.7. The summed E-state index contributed by atoms with van der Waals surface area (Å²) in [6, 6.07) is 15.9. The molecule has 0 aliphatic heterocycles. The van der Waals surface area contributed by atoms with Crippen LogP contribution in [-0.2, 0) is 18.4 Å². The van der Waals surface area contributed by atoms with E-state index in [1.165, 1.54) is 0 Å². The van der Waals surface area contributed by atoms with Gasteiger partial charge in [0.25, 0.3) is 0 Å². The largest absolute Gasteiger partial charge is 0.370 e. The quantitative estimate of drug-likeness (QED) is 0.409. The fourth-order valence-corrected chi connectivity index (χ4v) is 3.20. The third-order valence-corrected chi connectivity index (χ3v) is 4.57. The molecule has 27 heavy (non-hydrogen) atoms. The normalized spacial score (nSPS) is 11.6. The van der Waals surface area contributed by atoms with Crippen LogP contribution in [0.15, 0.2) is 59.8 Å². The van der Waals surface area contributed by atoms with Gasteiger partial charge < -0.3 is 14.9 Å². The number of amides is 1. The Morgan fingerprint density at radius 1 is 1.19 bits per heavy atom. The third kappa shape index (κ3) is 3.27. The lowest BCUT2D eigenvalue weighted by Crippen LogP contribution is -2.13. The van der Waals surface area contributed by atoms with Crippen LogP contribution in [0.25, 0.3) is 21.9 Å².